The Morgan fingerprint density at radius 1 is 1.62 bits per heavy atom. The molecule has 86 valence electrons. The monoisotopic (exact) mass is 237 g/mol. The molecule has 1 aliphatic rings. The second-order valence-electron chi connectivity index (χ2n) is 4.52. The van der Waals surface area contributed by atoms with Crippen LogP contribution in [0.4, 0.5) is 0 Å². The van der Waals surface area contributed by atoms with Gasteiger partial charge in [-0.2, -0.15) is 0 Å². The van der Waals surface area contributed by atoms with Gasteiger partial charge in [0.25, 0.3) is 0 Å². The van der Waals surface area contributed by atoms with Crippen LogP contribution in [-0.2, 0) is 11.2 Å². The molecule has 0 bridgehead atoms. The molecule has 16 heavy (non-hydrogen) atoms. The van der Waals surface area contributed by atoms with E-state index in [-0.39, 0.29) is 5.54 Å². The predicted molar refractivity (Wildman–Crippen MR) is 63.7 cm³/mol. The summed E-state index contributed by atoms with van der Waals surface area (Å²) in [5.41, 5.74) is 7.16. The highest BCUT2D eigenvalue weighted by Gasteiger charge is 2.29. The van der Waals surface area contributed by atoms with Crippen molar-refractivity contribution < 1.29 is 4.74 Å². The minimum atomic E-state index is -0.220. The fourth-order valence-corrected chi connectivity index (χ4v) is 2.95. The van der Waals surface area contributed by atoms with E-state index in [1.54, 1.807) is 11.3 Å². The van der Waals surface area contributed by atoms with E-state index in [0.29, 0.717) is 6.61 Å². The molecule has 0 aromatic carbocycles. The van der Waals surface area contributed by atoms with Gasteiger partial charge in [0.2, 0.25) is 0 Å². The SMILES string of the molecule is NC1(Cc2cn3ccsc3n2)CCCOC1. The van der Waals surface area contributed by atoms with E-state index in [1.807, 2.05) is 16.0 Å². The fraction of sp³-hybridized carbons (Fsp3) is 0.545. The number of fused-ring (bicyclic) bond motifs is 1. The smallest absolute Gasteiger partial charge is 0.193 e. The van der Waals surface area contributed by atoms with Crippen molar-refractivity contribution in [1.29, 1.82) is 0 Å². The summed E-state index contributed by atoms with van der Waals surface area (Å²) in [7, 11) is 0. The van der Waals surface area contributed by atoms with E-state index in [0.717, 1.165) is 36.5 Å². The molecule has 1 saturated heterocycles. The largest absolute Gasteiger partial charge is 0.380 e. The van der Waals surface area contributed by atoms with Gasteiger partial charge in [-0.15, -0.1) is 11.3 Å². The number of hydrogen-bond donors (Lipinski definition) is 1. The highest BCUT2D eigenvalue weighted by Crippen LogP contribution is 2.22. The number of hydrogen-bond acceptors (Lipinski definition) is 4. The van der Waals surface area contributed by atoms with Gasteiger partial charge in [0.15, 0.2) is 4.96 Å². The predicted octanol–water partition coefficient (Wildman–Crippen LogP) is 1.45. The van der Waals surface area contributed by atoms with Crippen molar-refractivity contribution in [3.05, 3.63) is 23.5 Å². The molecule has 0 radical (unpaired) electrons. The molecule has 5 heteroatoms. The quantitative estimate of drug-likeness (QED) is 0.860. The van der Waals surface area contributed by atoms with E-state index in [9.17, 15) is 0 Å². The lowest BCUT2D eigenvalue weighted by atomic mass is 9.89. The van der Waals surface area contributed by atoms with Crippen molar-refractivity contribution in [2.75, 3.05) is 13.2 Å². The molecule has 0 spiro atoms. The third-order valence-electron chi connectivity index (χ3n) is 3.03. The van der Waals surface area contributed by atoms with Gasteiger partial charge in [-0.3, -0.25) is 4.40 Å². The molecule has 1 aliphatic heterocycles. The lowest BCUT2D eigenvalue weighted by Crippen LogP contribution is -2.49. The Morgan fingerprint density at radius 2 is 2.56 bits per heavy atom. The molecule has 3 heterocycles. The van der Waals surface area contributed by atoms with Gasteiger partial charge in [-0.05, 0) is 12.8 Å². The maximum absolute atomic E-state index is 6.31. The molecule has 2 N–H and O–H groups in total. The Labute approximate surface area is 98.0 Å². The zero-order valence-corrected chi connectivity index (χ0v) is 9.87. The zero-order valence-electron chi connectivity index (χ0n) is 9.06. The first-order chi connectivity index (χ1) is 7.75. The molecule has 1 unspecified atom stereocenters. The van der Waals surface area contributed by atoms with Gasteiger partial charge < -0.3 is 10.5 Å². The summed E-state index contributed by atoms with van der Waals surface area (Å²) in [5.74, 6) is 0. The Morgan fingerprint density at radius 3 is 3.31 bits per heavy atom. The van der Waals surface area contributed by atoms with E-state index in [4.69, 9.17) is 10.5 Å². The van der Waals surface area contributed by atoms with Crippen LogP contribution in [0.5, 0.6) is 0 Å². The van der Waals surface area contributed by atoms with Crippen molar-refractivity contribution >= 4 is 16.3 Å². The summed E-state index contributed by atoms with van der Waals surface area (Å²) >= 11 is 1.65. The molecule has 1 atom stereocenters. The van der Waals surface area contributed by atoms with Crippen LogP contribution in [0, 0.1) is 0 Å². The molecular weight excluding hydrogens is 222 g/mol. The van der Waals surface area contributed by atoms with Crippen LogP contribution in [0.3, 0.4) is 0 Å². The first-order valence-electron chi connectivity index (χ1n) is 5.53. The summed E-state index contributed by atoms with van der Waals surface area (Å²) in [6.07, 6.45) is 6.98. The number of aromatic nitrogens is 2. The van der Waals surface area contributed by atoms with Crippen LogP contribution < -0.4 is 5.73 Å². The lowest BCUT2D eigenvalue weighted by Gasteiger charge is -2.32. The van der Waals surface area contributed by atoms with Gasteiger partial charge >= 0.3 is 0 Å². The van der Waals surface area contributed by atoms with Crippen molar-refractivity contribution in [3.8, 4) is 0 Å². The molecule has 0 saturated carbocycles. The fourth-order valence-electron chi connectivity index (χ4n) is 2.24. The maximum Gasteiger partial charge on any atom is 0.193 e. The molecule has 4 nitrogen and oxygen atoms in total. The molecule has 2 aromatic heterocycles. The number of imidazole rings is 1. The highest BCUT2D eigenvalue weighted by molar-refractivity contribution is 7.15. The number of thiazole rings is 1. The Balaban J connectivity index is 1.80. The molecular formula is C11H15N3OS. The second kappa shape index (κ2) is 3.84. The van der Waals surface area contributed by atoms with Crippen LogP contribution in [0.25, 0.3) is 4.96 Å². The standard InChI is InChI=1S/C11H15N3OS/c12-11(2-1-4-15-8-11)6-9-7-14-3-5-16-10(14)13-9/h3,5,7H,1-2,4,6,8,12H2. The third kappa shape index (κ3) is 1.86. The summed E-state index contributed by atoms with van der Waals surface area (Å²) in [4.78, 5) is 5.60. The molecule has 0 aliphatic carbocycles. The van der Waals surface area contributed by atoms with E-state index < -0.39 is 0 Å². The molecule has 1 fully saturated rings. The normalized spacial score (nSPS) is 26.3. The van der Waals surface area contributed by atoms with Gasteiger partial charge in [0.05, 0.1) is 12.3 Å². The maximum atomic E-state index is 6.31. The van der Waals surface area contributed by atoms with Crippen LogP contribution in [0.2, 0.25) is 0 Å². The summed E-state index contributed by atoms with van der Waals surface area (Å²) in [5, 5.41) is 2.04. The second-order valence-corrected chi connectivity index (χ2v) is 5.39. The van der Waals surface area contributed by atoms with Gasteiger partial charge in [-0.1, -0.05) is 0 Å². The number of rotatable bonds is 2. The Bertz CT molecular complexity index is 456. The first kappa shape index (κ1) is 10.3. The van der Waals surface area contributed by atoms with Crippen LogP contribution in [0.1, 0.15) is 18.5 Å². The van der Waals surface area contributed by atoms with Gasteiger partial charge in [0, 0.05) is 36.3 Å². The number of nitrogens with zero attached hydrogens (tertiary/aromatic N) is 2. The topological polar surface area (TPSA) is 52.5 Å². The summed E-state index contributed by atoms with van der Waals surface area (Å²) < 4.78 is 7.50. The average Bonchev–Trinajstić information content (AvgIpc) is 2.78. The lowest BCUT2D eigenvalue weighted by molar-refractivity contribution is 0.0379. The highest BCUT2D eigenvalue weighted by atomic mass is 32.1. The van der Waals surface area contributed by atoms with E-state index >= 15 is 0 Å². The van der Waals surface area contributed by atoms with Crippen molar-refractivity contribution in [3.63, 3.8) is 0 Å². The van der Waals surface area contributed by atoms with Crippen LogP contribution >= 0.6 is 11.3 Å². The summed E-state index contributed by atoms with van der Waals surface area (Å²) in [6, 6.07) is 0. The summed E-state index contributed by atoms with van der Waals surface area (Å²) in [6.45, 7) is 1.50. The average molecular weight is 237 g/mol. The number of ether oxygens (including phenoxy) is 1. The van der Waals surface area contributed by atoms with Gasteiger partial charge in [0.1, 0.15) is 0 Å². The van der Waals surface area contributed by atoms with Crippen LogP contribution in [-0.4, -0.2) is 28.1 Å². The molecule has 0 amide bonds. The minimum Gasteiger partial charge on any atom is -0.380 e. The van der Waals surface area contributed by atoms with Crippen molar-refractivity contribution in [1.82, 2.24) is 9.38 Å². The van der Waals surface area contributed by atoms with E-state index in [1.165, 1.54) is 0 Å². The van der Waals surface area contributed by atoms with Crippen molar-refractivity contribution in [2.24, 2.45) is 5.73 Å². The first-order valence-corrected chi connectivity index (χ1v) is 6.41. The molecule has 3 rings (SSSR count). The Kier molecular flexibility index (Phi) is 2.46. The third-order valence-corrected chi connectivity index (χ3v) is 3.80. The number of nitrogens with two attached hydrogens (primary N) is 1. The van der Waals surface area contributed by atoms with Gasteiger partial charge in [-0.25, -0.2) is 4.98 Å². The van der Waals surface area contributed by atoms with Crippen molar-refractivity contribution in [2.45, 2.75) is 24.8 Å². The Hall–Kier alpha value is -0.910. The van der Waals surface area contributed by atoms with Crippen LogP contribution in [0.15, 0.2) is 17.8 Å². The minimum absolute atomic E-state index is 0.220. The molecule has 2 aromatic rings. The van der Waals surface area contributed by atoms with E-state index in [2.05, 4.69) is 11.2 Å². The zero-order chi connectivity index (χ0) is 11.0.